The Hall–Kier alpha value is 0. The van der Waals surface area contributed by atoms with Gasteiger partial charge >= 0.3 is 0 Å². The minimum atomic E-state index is 0.993. The van der Waals surface area contributed by atoms with Crippen molar-refractivity contribution in [2.24, 2.45) is 11.8 Å². The van der Waals surface area contributed by atoms with Crippen LogP contribution in [0.4, 0.5) is 0 Å². The minimum absolute atomic E-state index is 0.993. The van der Waals surface area contributed by atoms with Crippen LogP contribution >= 0.6 is 0 Å². The Bertz CT molecular complexity index is 70.1. The molecular formula is C9H18. The van der Waals surface area contributed by atoms with E-state index in [2.05, 4.69) is 13.8 Å². The Morgan fingerprint density at radius 2 is 1.89 bits per heavy atom. The van der Waals surface area contributed by atoms with E-state index in [0.717, 1.165) is 11.8 Å². The Morgan fingerprint density at radius 3 is 2.33 bits per heavy atom. The van der Waals surface area contributed by atoms with E-state index in [9.17, 15) is 0 Å². The molecule has 0 bridgehead atoms. The SMILES string of the molecule is CC[C@@H](C)C1CCCC1. The fourth-order valence-corrected chi connectivity index (χ4v) is 1.86. The van der Waals surface area contributed by atoms with Crippen LogP contribution in [-0.4, -0.2) is 0 Å². The zero-order valence-electron chi connectivity index (χ0n) is 6.69. The predicted molar refractivity (Wildman–Crippen MR) is 41.4 cm³/mol. The van der Waals surface area contributed by atoms with Crippen molar-refractivity contribution >= 4 is 0 Å². The van der Waals surface area contributed by atoms with Crippen molar-refractivity contribution in [3.05, 3.63) is 0 Å². The smallest absolute Gasteiger partial charge is 0.0389 e. The lowest BCUT2D eigenvalue weighted by atomic mass is 9.91. The minimum Gasteiger partial charge on any atom is -0.0651 e. The second-order valence-corrected chi connectivity index (χ2v) is 3.43. The Labute approximate surface area is 58.7 Å². The Balaban J connectivity index is 2.24. The molecule has 54 valence electrons. The van der Waals surface area contributed by atoms with Crippen LogP contribution in [-0.2, 0) is 0 Å². The second-order valence-electron chi connectivity index (χ2n) is 3.43. The molecule has 0 spiro atoms. The van der Waals surface area contributed by atoms with Gasteiger partial charge in [-0.05, 0) is 11.8 Å². The molecule has 1 rings (SSSR count). The average molecular weight is 126 g/mol. The summed E-state index contributed by atoms with van der Waals surface area (Å²) in [7, 11) is 0. The van der Waals surface area contributed by atoms with Crippen molar-refractivity contribution in [1.82, 2.24) is 0 Å². The van der Waals surface area contributed by atoms with Crippen LogP contribution in [0.1, 0.15) is 46.0 Å². The molecule has 1 aliphatic carbocycles. The highest BCUT2D eigenvalue weighted by Gasteiger charge is 2.19. The summed E-state index contributed by atoms with van der Waals surface area (Å²) in [5.74, 6) is 2.07. The Kier molecular flexibility index (Phi) is 2.56. The van der Waals surface area contributed by atoms with Crippen molar-refractivity contribution < 1.29 is 0 Å². The van der Waals surface area contributed by atoms with Gasteiger partial charge in [0.2, 0.25) is 0 Å². The highest BCUT2D eigenvalue weighted by atomic mass is 14.2. The summed E-state index contributed by atoms with van der Waals surface area (Å²) < 4.78 is 0. The number of hydrogen-bond donors (Lipinski definition) is 0. The van der Waals surface area contributed by atoms with Crippen molar-refractivity contribution in [1.29, 1.82) is 0 Å². The summed E-state index contributed by atoms with van der Waals surface area (Å²) in [5, 5.41) is 0. The summed E-state index contributed by atoms with van der Waals surface area (Å²) in [4.78, 5) is 0. The molecule has 9 heavy (non-hydrogen) atoms. The molecule has 0 heterocycles. The molecule has 0 aromatic heterocycles. The number of hydrogen-bond acceptors (Lipinski definition) is 0. The summed E-state index contributed by atoms with van der Waals surface area (Å²) in [6.07, 6.45) is 7.39. The highest BCUT2D eigenvalue weighted by molar-refractivity contribution is 4.71. The van der Waals surface area contributed by atoms with E-state index >= 15 is 0 Å². The average Bonchev–Trinajstić information content (AvgIpc) is 2.37. The lowest BCUT2D eigenvalue weighted by Gasteiger charge is -2.15. The van der Waals surface area contributed by atoms with Crippen molar-refractivity contribution in [3.63, 3.8) is 0 Å². The van der Waals surface area contributed by atoms with Crippen LogP contribution in [0.25, 0.3) is 0 Å². The predicted octanol–water partition coefficient (Wildman–Crippen LogP) is 3.22. The lowest BCUT2D eigenvalue weighted by molar-refractivity contribution is 0.357. The summed E-state index contributed by atoms with van der Waals surface area (Å²) in [6.45, 7) is 4.71. The first-order valence-electron chi connectivity index (χ1n) is 4.34. The van der Waals surface area contributed by atoms with Gasteiger partial charge in [-0.3, -0.25) is 0 Å². The maximum atomic E-state index is 2.40. The third kappa shape index (κ3) is 1.70. The standard InChI is InChI=1S/C9H18/c1-3-8(2)9-6-4-5-7-9/h8-9H,3-7H2,1-2H3/t8-/m1/s1. The van der Waals surface area contributed by atoms with Crippen molar-refractivity contribution in [3.8, 4) is 0 Å². The van der Waals surface area contributed by atoms with E-state index in [1.54, 1.807) is 0 Å². The molecule has 1 aliphatic rings. The molecule has 1 saturated carbocycles. The fraction of sp³-hybridized carbons (Fsp3) is 1.00. The van der Waals surface area contributed by atoms with Gasteiger partial charge in [0, 0.05) is 0 Å². The molecule has 0 radical (unpaired) electrons. The van der Waals surface area contributed by atoms with E-state index in [-0.39, 0.29) is 0 Å². The molecule has 0 nitrogen and oxygen atoms in total. The first-order valence-corrected chi connectivity index (χ1v) is 4.34. The summed E-state index contributed by atoms with van der Waals surface area (Å²) >= 11 is 0. The molecule has 0 aromatic rings. The molecule has 0 saturated heterocycles. The maximum Gasteiger partial charge on any atom is -0.0389 e. The van der Waals surface area contributed by atoms with Gasteiger partial charge in [0.1, 0.15) is 0 Å². The molecule has 1 atom stereocenters. The monoisotopic (exact) mass is 126 g/mol. The van der Waals surface area contributed by atoms with Crippen LogP contribution in [0.2, 0.25) is 0 Å². The molecule has 0 heteroatoms. The summed E-state index contributed by atoms with van der Waals surface area (Å²) in [5.41, 5.74) is 0. The largest absolute Gasteiger partial charge is 0.0651 e. The third-order valence-corrected chi connectivity index (χ3v) is 2.85. The fourth-order valence-electron chi connectivity index (χ4n) is 1.86. The van der Waals surface area contributed by atoms with Gasteiger partial charge in [-0.25, -0.2) is 0 Å². The van der Waals surface area contributed by atoms with E-state index in [1.807, 2.05) is 0 Å². The second kappa shape index (κ2) is 3.24. The van der Waals surface area contributed by atoms with Gasteiger partial charge in [0.15, 0.2) is 0 Å². The first-order chi connectivity index (χ1) is 4.34. The lowest BCUT2D eigenvalue weighted by Crippen LogP contribution is -2.05. The molecule has 0 amide bonds. The van der Waals surface area contributed by atoms with E-state index in [4.69, 9.17) is 0 Å². The van der Waals surface area contributed by atoms with Crippen LogP contribution in [0.5, 0.6) is 0 Å². The molecular weight excluding hydrogens is 108 g/mol. The number of rotatable bonds is 2. The van der Waals surface area contributed by atoms with Crippen molar-refractivity contribution in [2.75, 3.05) is 0 Å². The normalized spacial score (nSPS) is 24.7. The molecule has 0 N–H and O–H groups in total. The third-order valence-electron chi connectivity index (χ3n) is 2.85. The Morgan fingerprint density at radius 1 is 1.33 bits per heavy atom. The molecule has 0 unspecified atom stereocenters. The van der Waals surface area contributed by atoms with E-state index in [0.29, 0.717) is 0 Å². The highest BCUT2D eigenvalue weighted by Crippen LogP contribution is 2.32. The molecule has 0 aromatic carbocycles. The van der Waals surface area contributed by atoms with Gasteiger partial charge in [0.25, 0.3) is 0 Å². The van der Waals surface area contributed by atoms with Gasteiger partial charge in [-0.2, -0.15) is 0 Å². The topological polar surface area (TPSA) is 0 Å². The zero-order chi connectivity index (χ0) is 6.69. The van der Waals surface area contributed by atoms with Gasteiger partial charge in [0.05, 0.1) is 0 Å². The quantitative estimate of drug-likeness (QED) is 0.533. The van der Waals surface area contributed by atoms with Gasteiger partial charge in [-0.15, -0.1) is 0 Å². The van der Waals surface area contributed by atoms with Crippen LogP contribution in [0, 0.1) is 11.8 Å². The maximum absolute atomic E-state index is 2.40. The van der Waals surface area contributed by atoms with Crippen LogP contribution in [0.3, 0.4) is 0 Å². The van der Waals surface area contributed by atoms with Gasteiger partial charge < -0.3 is 0 Å². The first kappa shape index (κ1) is 7.11. The van der Waals surface area contributed by atoms with Crippen molar-refractivity contribution in [2.45, 2.75) is 46.0 Å². The van der Waals surface area contributed by atoms with Crippen LogP contribution < -0.4 is 0 Å². The van der Waals surface area contributed by atoms with Crippen LogP contribution in [0.15, 0.2) is 0 Å². The zero-order valence-corrected chi connectivity index (χ0v) is 6.69. The molecule has 1 fully saturated rings. The van der Waals surface area contributed by atoms with Gasteiger partial charge in [-0.1, -0.05) is 46.0 Å². The summed E-state index contributed by atoms with van der Waals surface area (Å²) in [6, 6.07) is 0. The molecule has 0 aliphatic heterocycles. The van der Waals surface area contributed by atoms with E-state index < -0.39 is 0 Å². The van der Waals surface area contributed by atoms with E-state index in [1.165, 1.54) is 32.1 Å².